The average Bonchev–Trinajstić information content (AvgIpc) is 2.93. The van der Waals surface area contributed by atoms with Crippen molar-refractivity contribution >= 4 is 18.1 Å². The van der Waals surface area contributed by atoms with E-state index in [-0.39, 0.29) is 10.7 Å². The third-order valence-corrected chi connectivity index (χ3v) is 4.13. The summed E-state index contributed by atoms with van der Waals surface area (Å²) in [6.07, 6.45) is 5.91. The van der Waals surface area contributed by atoms with E-state index >= 15 is 0 Å². The maximum atomic E-state index is 12.6. The SMILES string of the molecule is O=C(c1ccc(-c2n[nH]c(=S)o2)cc1)N1CCCCCCC1. The molecular formula is C16H19N3O2S. The second kappa shape index (κ2) is 6.87. The summed E-state index contributed by atoms with van der Waals surface area (Å²) in [5.41, 5.74) is 1.51. The van der Waals surface area contributed by atoms with E-state index in [9.17, 15) is 4.79 Å². The molecule has 5 nitrogen and oxygen atoms in total. The molecule has 1 fully saturated rings. The van der Waals surface area contributed by atoms with Gasteiger partial charge in [-0.1, -0.05) is 19.3 Å². The minimum absolute atomic E-state index is 0.108. The third-order valence-electron chi connectivity index (χ3n) is 3.96. The van der Waals surface area contributed by atoms with Gasteiger partial charge in [0.2, 0.25) is 5.89 Å². The minimum atomic E-state index is 0.108. The van der Waals surface area contributed by atoms with E-state index < -0.39 is 0 Å². The molecule has 1 aliphatic heterocycles. The lowest BCUT2D eigenvalue weighted by Crippen LogP contribution is -2.33. The molecule has 6 heteroatoms. The predicted octanol–water partition coefficient (Wildman–Crippen LogP) is 3.81. The first-order chi connectivity index (χ1) is 10.7. The van der Waals surface area contributed by atoms with Gasteiger partial charge in [-0.15, -0.1) is 5.10 Å². The number of nitrogens with zero attached hydrogens (tertiary/aromatic N) is 2. The summed E-state index contributed by atoms with van der Waals surface area (Å²) >= 11 is 4.86. The molecule has 0 radical (unpaired) electrons. The van der Waals surface area contributed by atoms with Crippen molar-refractivity contribution in [2.45, 2.75) is 32.1 Å². The maximum absolute atomic E-state index is 12.6. The summed E-state index contributed by atoms with van der Waals surface area (Å²) in [6, 6.07) is 7.32. The van der Waals surface area contributed by atoms with Gasteiger partial charge in [0.05, 0.1) is 0 Å². The third kappa shape index (κ3) is 3.44. The van der Waals surface area contributed by atoms with Crippen LogP contribution in [0.4, 0.5) is 0 Å². The van der Waals surface area contributed by atoms with Gasteiger partial charge in [0.25, 0.3) is 10.7 Å². The first kappa shape index (κ1) is 15.0. The van der Waals surface area contributed by atoms with E-state index in [4.69, 9.17) is 16.6 Å². The highest BCUT2D eigenvalue weighted by atomic mass is 32.1. The standard InChI is InChI=1S/C16H19N3O2S/c20-15(19-10-4-2-1-3-5-11-19)13-8-6-12(7-9-13)14-17-18-16(22)21-14/h6-9H,1-5,10-11H2,(H,18,22). The smallest absolute Gasteiger partial charge is 0.284 e. The second-order valence-electron chi connectivity index (χ2n) is 5.56. The second-order valence-corrected chi connectivity index (χ2v) is 5.93. The van der Waals surface area contributed by atoms with E-state index in [1.807, 2.05) is 29.2 Å². The van der Waals surface area contributed by atoms with Gasteiger partial charge in [-0.3, -0.25) is 4.79 Å². The molecule has 2 aromatic rings. The number of benzene rings is 1. The molecule has 2 heterocycles. The number of aromatic amines is 1. The van der Waals surface area contributed by atoms with Crippen molar-refractivity contribution in [1.29, 1.82) is 0 Å². The van der Waals surface area contributed by atoms with E-state index in [0.29, 0.717) is 11.5 Å². The molecule has 1 saturated heterocycles. The molecule has 0 atom stereocenters. The Morgan fingerprint density at radius 3 is 2.32 bits per heavy atom. The number of likely N-dealkylation sites (tertiary alicyclic amines) is 1. The minimum Gasteiger partial charge on any atom is -0.409 e. The largest absolute Gasteiger partial charge is 0.409 e. The number of rotatable bonds is 2. The summed E-state index contributed by atoms with van der Waals surface area (Å²) in [4.78, 5) is 14.8. The molecule has 0 saturated carbocycles. The zero-order valence-corrected chi connectivity index (χ0v) is 13.2. The normalized spacial score (nSPS) is 16.1. The molecule has 1 aromatic carbocycles. The van der Waals surface area contributed by atoms with Crippen LogP contribution in [-0.4, -0.2) is 34.1 Å². The number of hydrogen-bond acceptors (Lipinski definition) is 4. The summed E-state index contributed by atoms with van der Waals surface area (Å²) in [5, 5.41) is 6.57. The number of amides is 1. The Labute approximate surface area is 134 Å². The molecule has 1 amide bonds. The lowest BCUT2D eigenvalue weighted by atomic mass is 10.1. The predicted molar refractivity (Wildman–Crippen MR) is 86.1 cm³/mol. The van der Waals surface area contributed by atoms with Crippen LogP contribution in [0.2, 0.25) is 0 Å². The molecule has 116 valence electrons. The molecule has 1 aliphatic rings. The number of hydrogen-bond donors (Lipinski definition) is 1. The fraction of sp³-hybridized carbons (Fsp3) is 0.438. The quantitative estimate of drug-likeness (QED) is 0.856. The molecule has 0 aliphatic carbocycles. The van der Waals surface area contributed by atoms with Gasteiger partial charge in [-0.25, -0.2) is 5.10 Å². The van der Waals surface area contributed by atoms with Crippen molar-refractivity contribution in [3.63, 3.8) is 0 Å². The topological polar surface area (TPSA) is 62.1 Å². The van der Waals surface area contributed by atoms with E-state index in [2.05, 4.69) is 10.2 Å². The highest BCUT2D eigenvalue weighted by Gasteiger charge is 2.17. The van der Waals surface area contributed by atoms with Crippen molar-refractivity contribution < 1.29 is 9.21 Å². The number of H-pyrrole nitrogens is 1. The van der Waals surface area contributed by atoms with Crippen molar-refractivity contribution in [2.75, 3.05) is 13.1 Å². The van der Waals surface area contributed by atoms with E-state index in [1.165, 1.54) is 19.3 Å². The Balaban J connectivity index is 1.73. The molecular weight excluding hydrogens is 298 g/mol. The lowest BCUT2D eigenvalue weighted by Gasteiger charge is -2.24. The van der Waals surface area contributed by atoms with Crippen molar-refractivity contribution in [2.24, 2.45) is 0 Å². The van der Waals surface area contributed by atoms with Crippen molar-refractivity contribution in [3.8, 4) is 11.5 Å². The first-order valence-electron chi connectivity index (χ1n) is 7.69. The van der Waals surface area contributed by atoms with Crippen LogP contribution in [-0.2, 0) is 0 Å². The number of aromatic nitrogens is 2. The number of nitrogens with one attached hydrogen (secondary N) is 1. The zero-order valence-electron chi connectivity index (χ0n) is 12.4. The Kier molecular flexibility index (Phi) is 4.68. The van der Waals surface area contributed by atoms with Crippen LogP contribution in [0.3, 0.4) is 0 Å². The molecule has 0 bridgehead atoms. The molecule has 3 rings (SSSR count). The molecule has 0 unspecified atom stereocenters. The highest BCUT2D eigenvalue weighted by molar-refractivity contribution is 7.71. The first-order valence-corrected chi connectivity index (χ1v) is 8.10. The van der Waals surface area contributed by atoms with Gasteiger partial charge in [-0.05, 0) is 49.3 Å². The average molecular weight is 317 g/mol. The van der Waals surface area contributed by atoms with Crippen LogP contribution in [0, 0.1) is 4.84 Å². The van der Waals surface area contributed by atoms with Gasteiger partial charge >= 0.3 is 0 Å². The summed E-state index contributed by atoms with van der Waals surface area (Å²) < 4.78 is 5.27. The van der Waals surface area contributed by atoms with Crippen LogP contribution in [0.25, 0.3) is 11.5 Å². The fourth-order valence-electron chi connectivity index (χ4n) is 2.74. The van der Waals surface area contributed by atoms with E-state index in [1.54, 1.807) is 0 Å². The molecule has 0 spiro atoms. The molecule has 1 aromatic heterocycles. The van der Waals surface area contributed by atoms with Gasteiger partial charge in [0.1, 0.15) is 0 Å². The van der Waals surface area contributed by atoms with Crippen LogP contribution in [0.15, 0.2) is 28.7 Å². The van der Waals surface area contributed by atoms with Crippen molar-refractivity contribution in [1.82, 2.24) is 15.1 Å². The van der Waals surface area contributed by atoms with Gasteiger partial charge in [0, 0.05) is 24.2 Å². The number of carbonyl (C=O) groups excluding carboxylic acids is 1. The summed E-state index contributed by atoms with van der Waals surface area (Å²) in [6.45, 7) is 1.71. The van der Waals surface area contributed by atoms with Crippen LogP contribution >= 0.6 is 12.2 Å². The van der Waals surface area contributed by atoms with Crippen LogP contribution in [0.5, 0.6) is 0 Å². The van der Waals surface area contributed by atoms with Crippen molar-refractivity contribution in [3.05, 3.63) is 34.7 Å². The van der Waals surface area contributed by atoms with Crippen LogP contribution < -0.4 is 0 Å². The Bertz CT molecular complexity index is 682. The van der Waals surface area contributed by atoms with Gasteiger partial charge in [0.15, 0.2) is 0 Å². The maximum Gasteiger partial charge on any atom is 0.284 e. The highest BCUT2D eigenvalue weighted by Crippen LogP contribution is 2.19. The number of carbonyl (C=O) groups is 1. The molecule has 1 N–H and O–H groups in total. The monoisotopic (exact) mass is 317 g/mol. The Morgan fingerprint density at radius 1 is 1.09 bits per heavy atom. The van der Waals surface area contributed by atoms with E-state index in [0.717, 1.165) is 31.5 Å². The summed E-state index contributed by atoms with van der Waals surface area (Å²) in [5.74, 6) is 0.548. The zero-order chi connectivity index (χ0) is 15.4. The lowest BCUT2D eigenvalue weighted by molar-refractivity contribution is 0.0742. The van der Waals surface area contributed by atoms with Gasteiger partial charge in [-0.2, -0.15) is 0 Å². The summed E-state index contributed by atoms with van der Waals surface area (Å²) in [7, 11) is 0. The Morgan fingerprint density at radius 2 is 1.73 bits per heavy atom. The van der Waals surface area contributed by atoms with Gasteiger partial charge < -0.3 is 9.32 Å². The Hall–Kier alpha value is -1.95. The fourth-order valence-corrected chi connectivity index (χ4v) is 2.87. The van der Waals surface area contributed by atoms with Crippen LogP contribution in [0.1, 0.15) is 42.5 Å². The molecule has 22 heavy (non-hydrogen) atoms.